The van der Waals surface area contributed by atoms with E-state index in [0.717, 1.165) is 49.9 Å². The second kappa shape index (κ2) is 10.1. The van der Waals surface area contributed by atoms with Gasteiger partial charge >= 0.3 is 6.03 Å². The molecular formula is C22H28N4O3S. The average molecular weight is 429 g/mol. The van der Waals surface area contributed by atoms with Gasteiger partial charge in [-0.1, -0.05) is 12.1 Å². The molecule has 1 aromatic heterocycles. The highest BCUT2D eigenvalue weighted by Gasteiger charge is 2.40. The summed E-state index contributed by atoms with van der Waals surface area (Å²) in [4.78, 5) is 19.3. The predicted octanol–water partition coefficient (Wildman–Crippen LogP) is 2.99. The van der Waals surface area contributed by atoms with E-state index in [1.807, 2.05) is 54.2 Å². The van der Waals surface area contributed by atoms with Gasteiger partial charge in [0.1, 0.15) is 12.4 Å². The Hall–Kier alpha value is -2.29. The number of aromatic nitrogens is 1. The molecule has 1 unspecified atom stereocenters. The zero-order chi connectivity index (χ0) is 20.7. The highest BCUT2D eigenvalue weighted by atomic mass is 32.2. The number of thioether (sulfide) groups is 1. The fourth-order valence-corrected chi connectivity index (χ4v) is 5.34. The minimum absolute atomic E-state index is 0.0272. The SMILES string of the molecule is O=C(NCC1(N2CCOCC2)CCSC1)Nc1cccc(OCc2ccccn2)c1. The number of anilines is 1. The number of hydrogen-bond donors (Lipinski definition) is 2. The van der Waals surface area contributed by atoms with Crippen molar-refractivity contribution in [3.8, 4) is 5.75 Å². The van der Waals surface area contributed by atoms with Crippen molar-refractivity contribution in [1.82, 2.24) is 15.2 Å². The van der Waals surface area contributed by atoms with Gasteiger partial charge in [-0.25, -0.2) is 4.79 Å². The largest absolute Gasteiger partial charge is 0.487 e. The first kappa shape index (κ1) is 21.0. The Morgan fingerprint density at radius 1 is 1.23 bits per heavy atom. The maximum Gasteiger partial charge on any atom is 0.319 e. The summed E-state index contributed by atoms with van der Waals surface area (Å²) in [5.74, 6) is 2.87. The number of benzene rings is 1. The standard InChI is InChI=1S/C22H28N4O3S/c27-21(24-16-22(7-13-30-17-22)26-9-11-28-12-10-26)25-18-5-3-6-20(14-18)29-15-19-4-1-2-8-23-19/h1-6,8,14H,7,9-13,15-17H2,(H2,24,25,27). The third kappa shape index (κ3) is 5.44. The van der Waals surface area contributed by atoms with Crippen LogP contribution < -0.4 is 15.4 Å². The van der Waals surface area contributed by atoms with Crippen molar-refractivity contribution in [2.24, 2.45) is 0 Å². The second-order valence-electron chi connectivity index (χ2n) is 7.57. The van der Waals surface area contributed by atoms with E-state index in [4.69, 9.17) is 9.47 Å². The minimum atomic E-state index is -0.193. The van der Waals surface area contributed by atoms with Crippen molar-refractivity contribution >= 4 is 23.5 Å². The number of ether oxygens (including phenoxy) is 2. The Labute approximate surface area is 181 Å². The van der Waals surface area contributed by atoms with E-state index in [2.05, 4.69) is 20.5 Å². The lowest BCUT2D eigenvalue weighted by Gasteiger charge is -2.43. The molecule has 8 heteroatoms. The van der Waals surface area contributed by atoms with Crippen LogP contribution in [0.3, 0.4) is 0 Å². The number of carbonyl (C=O) groups excluding carboxylic acids is 1. The van der Waals surface area contributed by atoms with E-state index in [1.165, 1.54) is 0 Å². The molecule has 4 rings (SSSR count). The van der Waals surface area contributed by atoms with Gasteiger partial charge in [0.05, 0.1) is 18.9 Å². The Bertz CT molecular complexity index is 824. The summed E-state index contributed by atoms with van der Waals surface area (Å²) < 4.78 is 11.3. The first-order valence-electron chi connectivity index (χ1n) is 10.3. The molecule has 2 fully saturated rings. The highest BCUT2D eigenvalue weighted by molar-refractivity contribution is 7.99. The molecule has 2 N–H and O–H groups in total. The predicted molar refractivity (Wildman–Crippen MR) is 119 cm³/mol. The van der Waals surface area contributed by atoms with Crippen LogP contribution in [-0.2, 0) is 11.3 Å². The molecule has 0 saturated carbocycles. The monoisotopic (exact) mass is 428 g/mol. The number of nitrogens with one attached hydrogen (secondary N) is 2. The summed E-state index contributed by atoms with van der Waals surface area (Å²) in [5, 5.41) is 6.02. The Balaban J connectivity index is 1.30. The fraction of sp³-hybridized carbons (Fsp3) is 0.455. The molecule has 0 spiro atoms. The van der Waals surface area contributed by atoms with Crippen molar-refractivity contribution < 1.29 is 14.3 Å². The molecule has 0 radical (unpaired) electrons. The second-order valence-corrected chi connectivity index (χ2v) is 8.68. The highest BCUT2D eigenvalue weighted by Crippen LogP contribution is 2.33. The third-order valence-electron chi connectivity index (χ3n) is 5.55. The number of pyridine rings is 1. The third-order valence-corrected chi connectivity index (χ3v) is 6.78. The first-order valence-corrected chi connectivity index (χ1v) is 11.5. The zero-order valence-corrected chi connectivity index (χ0v) is 17.8. The molecule has 2 saturated heterocycles. The number of rotatable bonds is 7. The summed E-state index contributed by atoms with van der Waals surface area (Å²) >= 11 is 1.96. The molecule has 2 aromatic rings. The van der Waals surface area contributed by atoms with Gasteiger partial charge in [0, 0.05) is 48.9 Å². The summed E-state index contributed by atoms with van der Waals surface area (Å²) in [7, 11) is 0. The molecule has 2 aliphatic heterocycles. The number of hydrogen-bond acceptors (Lipinski definition) is 6. The number of urea groups is 1. The molecule has 160 valence electrons. The van der Waals surface area contributed by atoms with E-state index in [1.54, 1.807) is 6.20 Å². The molecular weight excluding hydrogens is 400 g/mol. The normalized spacial score (nSPS) is 21.9. The van der Waals surface area contributed by atoms with Crippen LogP contribution in [0.15, 0.2) is 48.7 Å². The summed E-state index contributed by atoms with van der Waals surface area (Å²) in [6, 6.07) is 13.0. The van der Waals surface area contributed by atoms with Crippen molar-refractivity contribution in [1.29, 1.82) is 0 Å². The maximum atomic E-state index is 12.6. The van der Waals surface area contributed by atoms with Crippen LogP contribution in [0.4, 0.5) is 10.5 Å². The molecule has 30 heavy (non-hydrogen) atoms. The molecule has 7 nitrogen and oxygen atoms in total. The van der Waals surface area contributed by atoms with E-state index in [0.29, 0.717) is 24.6 Å². The van der Waals surface area contributed by atoms with Gasteiger partial charge in [-0.05, 0) is 36.4 Å². The summed E-state index contributed by atoms with van der Waals surface area (Å²) in [6.45, 7) is 4.42. The van der Waals surface area contributed by atoms with Crippen molar-refractivity contribution in [2.45, 2.75) is 18.6 Å². The van der Waals surface area contributed by atoms with Gasteiger partial charge in [-0.3, -0.25) is 9.88 Å². The lowest BCUT2D eigenvalue weighted by atomic mass is 9.95. The zero-order valence-electron chi connectivity index (χ0n) is 17.0. The topological polar surface area (TPSA) is 75.7 Å². The van der Waals surface area contributed by atoms with Crippen molar-refractivity contribution in [2.75, 3.05) is 49.7 Å². The van der Waals surface area contributed by atoms with E-state index < -0.39 is 0 Å². The number of nitrogens with zero attached hydrogens (tertiary/aromatic N) is 2. The fourth-order valence-electron chi connectivity index (χ4n) is 3.86. The Morgan fingerprint density at radius 3 is 2.90 bits per heavy atom. The Morgan fingerprint density at radius 2 is 2.13 bits per heavy atom. The van der Waals surface area contributed by atoms with Crippen LogP contribution in [0, 0.1) is 0 Å². The molecule has 1 aromatic carbocycles. The molecule has 2 amide bonds. The quantitative estimate of drug-likeness (QED) is 0.706. The van der Waals surface area contributed by atoms with Crippen LogP contribution in [-0.4, -0.2) is 65.8 Å². The van der Waals surface area contributed by atoms with Crippen LogP contribution in [0.25, 0.3) is 0 Å². The summed E-state index contributed by atoms with van der Waals surface area (Å²) in [5.41, 5.74) is 1.59. The van der Waals surface area contributed by atoms with E-state index in [-0.39, 0.29) is 11.6 Å². The van der Waals surface area contributed by atoms with Crippen LogP contribution in [0.5, 0.6) is 5.75 Å². The van der Waals surface area contributed by atoms with Gasteiger partial charge in [-0.15, -0.1) is 0 Å². The smallest absolute Gasteiger partial charge is 0.319 e. The van der Waals surface area contributed by atoms with Gasteiger partial charge in [-0.2, -0.15) is 11.8 Å². The van der Waals surface area contributed by atoms with Crippen molar-refractivity contribution in [3.63, 3.8) is 0 Å². The number of carbonyl (C=O) groups is 1. The van der Waals surface area contributed by atoms with Gasteiger partial charge in [0.2, 0.25) is 0 Å². The van der Waals surface area contributed by atoms with Crippen LogP contribution >= 0.6 is 11.8 Å². The molecule has 2 aliphatic rings. The van der Waals surface area contributed by atoms with E-state index in [9.17, 15) is 4.79 Å². The molecule has 3 heterocycles. The van der Waals surface area contributed by atoms with Crippen LogP contribution in [0.1, 0.15) is 12.1 Å². The number of amides is 2. The van der Waals surface area contributed by atoms with E-state index >= 15 is 0 Å². The minimum Gasteiger partial charge on any atom is -0.487 e. The maximum absolute atomic E-state index is 12.6. The van der Waals surface area contributed by atoms with Gasteiger partial charge in [0.15, 0.2) is 0 Å². The first-order chi connectivity index (χ1) is 14.7. The Kier molecular flexibility index (Phi) is 7.09. The van der Waals surface area contributed by atoms with Gasteiger partial charge in [0.25, 0.3) is 0 Å². The lowest BCUT2D eigenvalue weighted by Crippen LogP contribution is -2.59. The van der Waals surface area contributed by atoms with Crippen molar-refractivity contribution in [3.05, 3.63) is 54.4 Å². The van der Waals surface area contributed by atoms with Gasteiger partial charge < -0.3 is 20.1 Å². The number of morpholine rings is 1. The lowest BCUT2D eigenvalue weighted by molar-refractivity contribution is -0.0123. The molecule has 1 atom stereocenters. The average Bonchev–Trinajstić information content (AvgIpc) is 3.28. The molecule has 0 bridgehead atoms. The molecule has 0 aliphatic carbocycles. The van der Waals surface area contributed by atoms with Crippen LogP contribution in [0.2, 0.25) is 0 Å². The summed E-state index contributed by atoms with van der Waals surface area (Å²) in [6.07, 6.45) is 2.84.